The minimum Gasteiger partial charge on any atom is -0.350 e. The number of carbonyl (C=O) groups is 1. The molecule has 1 aliphatic rings. The molecule has 1 heterocycles. The highest BCUT2D eigenvalue weighted by Gasteiger charge is 2.44. The Morgan fingerprint density at radius 2 is 2.08 bits per heavy atom. The molecule has 0 bridgehead atoms. The van der Waals surface area contributed by atoms with Crippen LogP contribution in [0.1, 0.15) is 10.4 Å². The Balaban J connectivity index is 2.16. The zero-order valence-electron chi connectivity index (χ0n) is 14.0. The molecule has 144 valence electrons. The van der Waals surface area contributed by atoms with E-state index in [1.54, 1.807) is 6.26 Å². The van der Waals surface area contributed by atoms with E-state index in [0.717, 1.165) is 0 Å². The summed E-state index contributed by atoms with van der Waals surface area (Å²) < 4.78 is 40.1. The van der Waals surface area contributed by atoms with Crippen molar-refractivity contribution in [3.05, 3.63) is 33.9 Å². The molecular formula is C15H19F3N4O3S. The number of nitro benzene ring substituents is 1. The molecule has 1 aromatic carbocycles. The van der Waals surface area contributed by atoms with Gasteiger partial charge in [0.25, 0.3) is 11.6 Å². The van der Waals surface area contributed by atoms with Gasteiger partial charge in [0.1, 0.15) is 11.6 Å². The molecule has 26 heavy (non-hydrogen) atoms. The lowest BCUT2D eigenvalue weighted by atomic mass is 10.1. The van der Waals surface area contributed by atoms with Crippen LogP contribution in [0.25, 0.3) is 0 Å². The van der Waals surface area contributed by atoms with E-state index in [2.05, 4.69) is 10.6 Å². The smallest absolute Gasteiger partial charge is 0.350 e. The van der Waals surface area contributed by atoms with Crippen molar-refractivity contribution >= 4 is 23.4 Å². The molecule has 2 N–H and O–H groups in total. The van der Waals surface area contributed by atoms with Gasteiger partial charge in [-0.3, -0.25) is 19.8 Å². The normalized spacial score (nSPS) is 16.9. The van der Waals surface area contributed by atoms with Gasteiger partial charge in [0.2, 0.25) is 0 Å². The summed E-state index contributed by atoms with van der Waals surface area (Å²) in [5.41, 5.74) is -0.686. The number of nitro groups is 1. The Morgan fingerprint density at radius 1 is 1.42 bits per heavy atom. The summed E-state index contributed by atoms with van der Waals surface area (Å²) in [5, 5.41) is 16.3. The molecule has 1 atom stereocenters. The van der Waals surface area contributed by atoms with Crippen LogP contribution >= 0.6 is 11.8 Å². The van der Waals surface area contributed by atoms with E-state index in [9.17, 15) is 28.1 Å². The van der Waals surface area contributed by atoms with Gasteiger partial charge in [0.05, 0.1) is 4.92 Å². The van der Waals surface area contributed by atoms with E-state index in [4.69, 9.17) is 0 Å². The molecular weight excluding hydrogens is 373 g/mol. The quantitative estimate of drug-likeness (QED) is 0.437. The van der Waals surface area contributed by atoms with E-state index in [-0.39, 0.29) is 18.7 Å². The molecule has 1 saturated heterocycles. The van der Waals surface area contributed by atoms with Gasteiger partial charge < -0.3 is 10.6 Å². The number of benzene rings is 1. The number of hydrogen-bond acceptors (Lipinski definition) is 6. The minimum atomic E-state index is -4.52. The van der Waals surface area contributed by atoms with Crippen molar-refractivity contribution in [3.63, 3.8) is 0 Å². The number of halogens is 3. The molecule has 0 aliphatic carbocycles. The van der Waals surface area contributed by atoms with E-state index in [1.807, 2.05) is 0 Å². The summed E-state index contributed by atoms with van der Waals surface area (Å²) in [4.78, 5) is 24.6. The first-order chi connectivity index (χ1) is 12.2. The van der Waals surface area contributed by atoms with Crippen LogP contribution in [0.15, 0.2) is 23.1 Å². The molecule has 2 rings (SSSR count). The summed E-state index contributed by atoms with van der Waals surface area (Å²) in [6.07, 6.45) is -2.79. The number of carbonyl (C=O) groups excluding carboxylic acids is 1. The van der Waals surface area contributed by atoms with Crippen LogP contribution in [0, 0.1) is 10.1 Å². The van der Waals surface area contributed by atoms with Gasteiger partial charge in [-0.2, -0.15) is 13.2 Å². The summed E-state index contributed by atoms with van der Waals surface area (Å²) in [5.74, 6) is -0.892. The topological polar surface area (TPSA) is 87.5 Å². The number of piperazine rings is 1. The Bertz CT molecular complexity index is 666. The maximum atomic E-state index is 13.4. The fraction of sp³-hybridized carbons (Fsp3) is 0.533. The molecule has 0 spiro atoms. The Morgan fingerprint density at radius 3 is 2.62 bits per heavy atom. The Labute approximate surface area is 152 Å². The van der Waals surface area contributed by atoms with Crippen molar-refractivity contribution in [1.29, 1.82) is 0 Å². The maximum absolute atomic E-state index is 13.4. The van der Waals surface area contributed by atoms with Gasteiger partial charge in [0, 0.05) is 43.7 Å². The average Bonchev–Trinajstić information content (AvgIpc) is 2.60. The predicted molar refractivity (Wildman–Crippen MR) is 91.5 cm³/mol. The zero-order chi connectivity index (χ0) is 19.3. The molecule has 11 heteroatoms. The minimum absolute atomic E-state index is 0.210. The summed E-state index contributed by atoms with van der Waals surface area (Å²) in [6, 6.07) is 2.14. The second-order valence-corrected chi connectivity index (χ2v) is 6.57. The fourth-order valence-corrected chi connectivity index (χ4v) is 3.15. The first-order valence-corrected chi connectivity index (χ1v) is 9.08. The maximum Gasteiger partial charge on any atom is 0.405 e. The predicted octanol–water partition coefficient (Wildman–Crippen LogP) is 1.88. The van der Waals surface area contributed by atoms with Gasteiger partial charge in [0.15, 0.2) is 0 Å². The van der Waals surface area contributed by atoms with Gasteiger partial charge >= 0.3 is 6.18 Å². The number of hydrogen-bond donors (Lipinski definition) is 2. The molecule has 7 nitrogen and oxygen atoms in total. The molecule has 1 aromatic rings. The number of amides is 1. The lowest BCUT2D eigenvalue weighted by molar-refractivity contribution is -0.385. The summed E-state index contributed by atoms with van der Waals surface area (Å²) >= 11 is 1.27. The monoisotopic (exact) mass is 392 g/mol. The second kappa shape index (κ2) is 8.69. The van der Waals surface area contributed by atoms with Crippen LogP contribution in [0.5, 0.6) is 0 Å². The highest BCUT2D eigenvalue weighted by atomic mass is 32.2. The molecule has 1 fully saturated rings. The van der Waals surface area contributed by atoms with Crippen LogP contribution in [-0.4, -0.2) is 66.9 Å². The van der Waals surface area contributed by atoms with Gasteiger partial charge in [-0.05, 0) is 18.4 Å². The third kappa shape index (κ3) is 5.08. The number of rotatable bonds is 6. The first-order valence-electron chi connectivity index (χ1n) is 7.86. The van der Waals surface area contributed by atoms with Gasteiger partial charge in [-0.1, -0.05) is 0 Å². The highest BCUT2D eigenvalue weighted by Crippen LogP contribution is 2.27. The zero-order valence-corrected chi connectivity index (χ0v) is 14.8. The Kier molecular flexibility index (Phi) is 6.84. The molecule has 0 saturated carbocycles. The SMILES string of the molecule is CSc1ccc([N+](=O)[O-])c(C(=O)NCC(N2CCNCC2)C(F)(F)F)c1. The summed E-state index contributed by atoms with van der Waals surface area (Å²) in [7, 11) is 0. The third-order valence-electron chi connectivity index (χ3n) is 4.07. The average molecular weight is 392 g/mol. The Hall–Kier alpha value is -1.85. The fourth-order valence-electron chi connectivity index (χ4n) is 2.71. The van der Waals surface area contributed by atoms with Crippen LogP contribution in [0.4, 0.5) is 18.9 Å². The van der Waals surface area contributed by atoms with E-state index < -0.39 is 35.3 Å². The largest absolute Gasteiger partial charge is 0.405 e. The van der Waals surface area contributed by atoms with Crippen LogP contribution in [0.2, 0.25) is 0 Å². The lowest BCUT2D eigenvalue weighted by Crippen LogP contribution is -2.57. The van der Waals surface area contributed by atoms with Crippen LogP contribution in [-0.2, 0) is 0 Å². The van der Waals surface area contributed by atoms with Crippen molar-refractivity contribution in [2.45, 2.75) is 17.1 Å². The van der Waals surface area contributed by atoms with Gasteiger partial charge in [-0.15, -0.1) is 11.8 Å². The molecule has 0 aromatic heterocycles. The van der Waals surface area contributed by atoms with E-state index in [0.29, 0.717) is 18.0 Å². The lowest BCUT2D eigenvalue weighted by Gasteiger charge is -2.35. The molecule has 0 radical (unpaired) electrons. The molecule has 1 amide bonds. The molecule has 1 unspecified atom stereocenters. The van der Waals surface area contributed by atoms with Crippen molar-refractivity contribution in [2.24, 2.45) is 0 Å². The summed E-state index contributed by atoms with van der Waals surface area (Å²) in [6.45, 7) is 0.622. The second-order valence-electron chi connectivity index (χ2n) is 5.69. The van der Waals surface area contributed by atoms with Crippen LogP contribution < -0.4 is 10.6 Å². The highest BCUT2D eigenvalue weighted by molar-refractivity contribution is 7.98. The third-order valence-corrected chi connectivity index (χ3v) is 4.80. The van der Waals surface area contributed by atoms with Crippen molar-refractivity contribution in [1.82, 2.24) is 15.5 Å². The number of thioether (sulfide) groups is 1. The van der Waals surface area contributed by atoms with Crippen molar-refractivity contribution < 1.29 is 22.9 Å². The number of nitrogens with one attached hydrogen (secondary N) is 2. The van der Waals surface area contributed by atoms with Crippen LogP contribution in [0.3, 0.4) is 0 Å². The van der Waals surface area contributed by atoms with Crippen molar-refractivity contribution in [2.75, 3.05) is 39.0 Å². The van der Waals surface area contributed by atoms with E-state index >= 15 is 0 Å². The van der Waals surface area contributed by atoms with Crippen molar-refractivity contribution in [3.8, 4) is 0 Å². The van der Waals surface area contributed by atoms with Gasteiger partial charge in [-0.25, -0.2) is 0 Å². The first kappa shape index (κ1) is 20.5. The number of nitrogens with zero attached hydrogens (tertiary/aromatic N) is 2. The number of alkyl halides is 3. The standard InChI is InChI=1S/C15H19F3N4O3S/c1-26-10-2-3-12(22(24)25)11(8-10)14(23)20-9-13(15(16,17)18)21-6-4-19-5-7-21/h2-3,8,13,19H,4-7,9H2,1H3,(H,20,23). The molecule has 1 aliphatic heterocycles. The van der Waals surface area contributed by atoms with E-state index in [1.165, 1.54) is 34.9 Å².